The van der Waals surface area contributed by atoms with Crippen LogP contribution >= 0.6 is 0 Å². The number of Topliss-reactive ketones (excluding diaryl/α,β-unsaturated/α-hetero) is 1. The number of allylic oxidation sites excluding steroid dienone is 2. The van der Waals surface area contributed by atoms with Crippen LogP contribution in [0.4, 0.5) is 0 Å². The number of carbonyl (C=O) groups is 2. The van der Waals surface area contributed by atoms with Crippen LogP contribution in [-0.4, -0.2) is 24.6 Å². The Balaban J connectivity index is 1.83. The fourth-order valence-corrected chi connectivity index (χ4v) is 2.22. The van der Waals surface area contributed by atoms with E-state index in [-0.39, 0.29) is 42.4 Å². The summed E-state index contributed by atoms with van der Waals surface area (Å²) in [5.41, 5.74) is 0. The highest BCUT2D eigenvalue weighted by atomic mass is 16.7. The molecular formula is C12H16O4. The number of hydrogen-bond donors (Lipinski definition) is 0. The van der Waals surface area contributed by atoms with Crippen molar-refractivity contribution in [2.75, 3.05) is 6.79 Å². The van der Waals surface area contributed by atoms with Gasteiger partial charge in [0, 0.05) is 11.8 Å². The van der Waals surface area contributed by atoms with E-state index in [0.717, 1.165) is 0 Å². The molecule has 0 aromatic heterocycles. The standard InChI is InChI=1S/C12H16O4/c1-7(2)15-6-16-12(14)10-5-8-3-4-9(10)11(8)13/h3-4,7-10H,5-6H2,1-2H3. The molecule has 4 heteroatoms. The summed E-state index contributed by atoms with van der Waals surface area (Å²) in [6.07, 6.45) is 4.35. The highest BCUT2D eigenvalue weighted by molar-refractivity contribution is 5.96. The Hall–Kier alpha value is -1.16. The molecule has 0 aliphatic heterocycles. The number of hydrogen-bond acceptors (Lipinski definition) is 4. The van der Waals surface area contributed by atoms with E-state index in [2.05, 4.69) is 0 Å². The van der Waals surface area contributed by atoms with E-state index in [9.17, 15) is 9.59 Å². The summed E-state index contributed by atoms with van der Waals surface area (Å²) < 4.78 is 10.1. The van der Waals surface area contributed by atoms with Crippen LogP contribution in [-0.2, 0) is 19.1 Å². The second kappa shape index (κ2) is 4.37. The van der Waals surface area contributed by atoms with Gasteiger partial charge in [-0.2, -0.15) is 0 Å². The van der Waals surface area contributed by atoms with E-state index >= 15 is 0 Å². The first-order valence-electron chi connectivity index (χ1n) is 5.60. The van der Waals surface area contributed by atoms with Crippen LogP contribution in [0.15, 0.2) is 12.2 Å². The summed E-state index contributed by atoms with van der Waals surface area (Å²) in [4.78, 5) is 23.2. The molecular weight excluding hydrogens is 208 g/mol. The second-order valence-electron chi connectivity index (χ2n) is 4.56. The number of esters is 1. The quantitative estimate of drug-likeness (QED) is 0.410. The zero-order chi connectivity index (χ0) is 11.7. The molecule has 4 nitrogen and oxygen atoms in total. The lowest BCUT2D eigenvalue weighted by Crippen LogP contribution is -2.24. The summed E-state index contributed by atoms with van der Waals surface area (Å²) in [7, 11) is 0. The molecule has 3 atom stereocenters. The molecule has 2 aliphatic carbocycles. The van der Waals surface area contributed by atoms with Gasteiger partial charge in [0.05, 0.1) is 12.0 Å². The van der Waals surface area contributed by atoms with Crippen molar-refractivity contribution in [2.45, 2.75) is 26.4 Å². The monoisotopic (exact) mass is 224 g/mol. The Labute approximate surface area is 94.6 Å². The third-order valence-corrected chi connectivity index (χ3v) is 3.09. The summed E-state index contributed by atoms with van der Waals surface area (Å²) in [5.74, 6) is -0.763. The van der Waals surface area contributed by atoms with Gasteiger partial charge in [0.25, 0.3) is 0 Å². The molecule has 0 aromatic carbocycles. The highest BCUT2D eigenvalue weighted by Crippen LogP contribution is 2.41. The van der Waals surface area contributed by atoms with Gasteiger partial charge in [-0.1, -0.05) is 12.2 Å². The lowest BCUT2D eigenvalue weighted by molar-refractivity contribution is -0.165. The van der Waals surface area contributed by atoms with E-state index in [1.165, 1.54) is 0 Å². The number of ketones is 1. The summed E-state index contributed by atoms with van der Waals surface area (Å²) in [5, 5.41) is 0. The van der Waals surface area contributed by atoms with Gasteiger partial charge < -0.3 is 9.47 Å². The number of fused-ring (bicyclic) bond motifs is 2. The van der Waals surface area contributed by atoms with Crippen molar-refractivity contribution < 1.29 is 19.1 Å². The summed E-state index contributed by atoms with van der Waals surface area (Å²) >= 11 is 0. The van der Waals surface area contributed by atoms with Gasteiger partial charge in [0.15, 0.2) is 6.79 Å². The van der Waals surface area contributed by atoms with E-state index in [1.807, 2.05) is 26.0 Å². The molecule has 0 saturated heterocycles. The largest absolute Gasteiger partial charge is 0.438 e. The van der Waals surface area contributed by atoms with Crippen molar-refractivity contribution in [3.8, 4) is 0 Å². The highest BCUT2D eigenvalue weighted by Gasteiger charge is 2.47. The maximum Gasteiger partial charge on any atom is 0.312 e. The molecule has 2 rings (SSSR count). The predicted octanol–water partition coefficient (Wildman–Crippen LogP) is 1.30. The molecule has 0 spiro atoms. The fourth-order valence-electron chi connectivity index (χ4n) is 2.22. The minimum absolute atomic E-state index is 0.0255. The first-order chi connectivity index (χ1) is 7.59. The Morgan fingerprint density at radius 3 is 2.75 bits per heavy atom. The molecule has 2 aliphatic rings. The van der Waals surface area contributed by atoms with Crippen LogP contribution in [0.5, 0.6) is 0 Å². The Kier molecular flexibility index (Phi) is 3.10. The molecule has 2 bridgehead atoms. The first-order valence-corrected chi connectivity index (χ1v) is 5.60. The molecule has 16 heavy (non-hydrogen) atoms. The Morgan fingerprint density at radius 1 is 1.50 bits per heavy atom. The molecule has 0 heterocycles. The zero-order valence-corrected chi connectivity index (χ0v) is 9.51. The van der Waals surface area contributed by atoms with Crippen LogP contribution in [0.3, 0.4) is 0 Å². The van der Waals surface area contributed by atoms with Crippen LogP contribution < -0.4 is 0 Å². The van der Waals surface area contributed by atoms with E-state index in [1.54, 1.807) is 0 Å². The summed E-state index contributed by atoms with van der Waals surface area (Å²) in [6.45, 7) is 3.72. The Morgan fingerprint density at radius 2 is 2.25 bits per heavy atom. The minimum Gasteiger partial charge on any atom is -0.438 e. The maximum absolute atomic E-state index is 11.7. The van der Waals surface area contributed by atoms with Gasteiger partial charge in [0.2, 0.25) is 0 Å². The number of carbonyl (C=O) groups excluding carboxylic acids is 2. The van der Waals surface area contributed by atoms with Crippen molar-refractivity contribution in [2.24, 2.45) is 17.8 Å². The van der Waals surface area contributed by atoms with E-state index in [4.69, 9.17) is 9.47 Å². The Bertz CT molecular complexity index is 332. The van der Waals surface area contributed by atoms with Gasteiger partial charge in [-0.15, -0.1) is 0 Å². The average Bonchev–Trinajstić information content (AvgIpc) is 2.73. The summed E-state index contributed by atoms with van der Waals surface area (Å²) in [6, 6.07) is 0. The van der Waals surface area contributed by atoms with Gasteiger partial charge in [-0.25, -0.2) is 0 Å². The lowest BCUT2D eigenvalue weighted by atomic mass is 9.94. The number of ether oxygens (including phenoxy) is 2. The third-order valence-electron chi connectivity index (χ3n) is 3.09. The molecule has 0 amide bonds. The molecule has 0 N–H and O–H groups in total. The van der Waals surface area contributed by atoms with Crippen molar-refractivity contribution >= 4 is 11.8 Å². The molecule has 0 aromatic rings. The van der Waals surface area contributed by atoms with E-state index < -0.39 is 0 Å². The van der Waals surface area contributed by atoms with Gasteiger partial charge in [-0.05, 0) is 20.3 Å². The van der Waals surface area contributed by atoms with Gasteiger partial charge >= 0.3 is 5.97 Å². The third kappa shape index (κ3) is 2.02. The molecule has 1 fully saturated rings. The second-order valence-corrected chi connectivity index (χ2v) is 4.56. The number of rotatable bonds is 4. The van der Waals surface area contributed by atoms with Crippen LogP contribution in [0, 0.1) is 17.8 Å². The molecule has 88 valence electrons. The van der Waals surface area contributed by atoms with E-state index in [0.29, 0.717) is 6.42 Å². The normalized spacial score (nSPS) is 31.4. The van der Waals surface area contributed by atoms with Gasteiger partial charge in [0.1, 0.15) is 5.78 Å². The first kappa shape index (κ1) is 11.3. The average molecular weight is 224 g/mol. The topological polar surface area (TPSA) is 52.6 Å². The SMILES string of the molecule is CC(C)OCOC(=O)C1CC2C=CC1C2=O. The smallest absolute Gasteiger partial charge is 0.312 e. The molecule has 0 radical (unpaired) electrons. The van der Waals surface area contributed by atoms with Crippen LogP contribution in [0.1, 0.15) is 20.3 Å². The lowest BCUT2D eigenvalue weighted by Gasteiger charge is -2.16. The molecule has 3 unspecified atom stereocenters. The van der Waals surface area contributed by atoms with Crippen LogP contribution in [0.25, 0.3) is 0 Å². The molecule has 1 saturated carbocycles. The fraction of sp³-hybridized carbons (Fsp3) is 0.667. The van der Waals surface area contributed by atoms with Crippen molar-refractivity contribution in [1.82, 2.24) is 0 Å². The van der Waals surface area contributed by atoms with Crippen molar-refractivity contribution in [3.63, 3.8) is 0 Å². The van der Waals surface area contributed by atoms with Crippen molar-refractivity contribution in [3.05, 3.63) is 12.2 Å². The van der Waals surface area contributed by atoms with Crippen LogP contribution in [0.2, 0.25) is 0 Å². The minimum atomic E-state index is -0.314. The predicted molar refractivity (Wildman–Crippen MR) is 56.4 cm³/mol. The zero-order valence-electron chi connectivity index (χ0n) is 9.51. The van der Waals surface area contributed by atoms with Crippen molar-refractivity contribution in [1.29, 1.82) is 0 Å². The van der Waals surface area contributed by atoms with Gasteiger partial charge in [-0.3, -0.25) is 9.59 Å². The maximum atomic E-state index is 11.7.